The molecule has 2 rings (SSSR count). The maximum atomic E-state index is 13.0. The van der Waals surface area contributed by atoms with Crippen LogP contribution in [0.5, 0.6) is 11.5 Å². The standard InChI is InChI=1S/C13H13FN2O/c14-11-2-1-3-12(7-11)17-13-6-10(4-5-15)8-16-9-13/h1-3,6-9H,4-5,15H2. The minimum atomic E-state index is -0.325. The van der Waals surface area contributed by atoms with Crippen LogP contribution >= 0.6 is 0 Å². The lowest BCUT2D eigenvalue weighted by molar-refractivity contribution is 0.474. The molecule has 2 aromatic rings. The molecule has 17 heavy (non-hydrogen) atoms. The fourth-order valence-electron chi connectivity index (χ4n) is 1.49. The molecule has 2 N–H and O–H groups in total. The molecule has 0 amide bonds. The van der Waals surface area contributed by atoms with Gasteiger partial charge in [-0.1, -0.05) is 6.07 Å². The van der Waals surface area contributed by atoms with Gasteiger partial charge in [0.1, 0.15) is 17.3 Å². The third kappa shape index (κ3) is 3.26. The maximum absolute atomic E-state index is 13.0. The van der Waals surface area contributed by atoms with E-state index in [4.69, 9.17) is 10.5 Å². The van der Waals surface area contributed by atoms with Crippen molar-refractivity contribution in [3.63, 3.8) is 0 Å². The number of nitrogens with zero attached hydrogens (tertiary/aromatic N) is 1. The van der Waals surface area contributed by atoms with E-state index in [1.165, 1.54) is 12.1 Å². The van der Waals surface area contributed by atoms with E-state index in [-0.39, 0.29) is 5.82 Å². The van der Waals surface area contributed by atoms with E-state index < -0.39 is 0 Å². The van der Waals surface area contributed by atoms with Crippen LogP contribution in [0.1, 0.15) is 5.56 Å². The third-order valence-corrected chi connectivity index (χ3v) is 2.23. The Morgan fingerprint density at radius 3 is 2.82 bits per heavy atom. The SMILES string of the molecule is NCCc1cncc(Oc2cccc(F)c2)c1. The average Bonchev–Trinajstić information content (AvgIpc) is 2.30. The van der Waals surface area contributed by atoms with Crippen LogP contribution in [-0.2, 0) is 6.42 Å². The summed E-state index contributed by atoms with van der Waals surface area (Å²) in [5.74, 6) is 0.715. The van der Waals surface area contributed by atoms with Crippen LogP contribution in [0.2, 0.25) is 0 Å². The van der Waals surface area contributed by atoms with Crippen molar-refractivity contribution in [1.29, 1.82) is 0 Å². The second-order valence-electron chi connectivity index (χ2n) is 3.63. The van der Waals surface area contributed by atoms with Crippen LogP contribution < -0.4 is 10.5 Å². The zero-order valence-electron chi connectivity index (χ0n) is 9.27. The Bertz CT molecular complexity index is 502. The topological polar surface area (TPSA) is 48.1 Å². The molecule has 1 aromatic heterocycles. The van der Waals surface area contributed by atoms with Crippen LogP contribution in [-0.4, -0.2) is 11.5 Å². The Balaban J connectivity index is 2.15. The fraction of sp³-hybridized carbons (Fsp3) is 0.154. The van der Waals surface area contributed by atoms with Crippen LogP contribution in [0.3, 0.4) is 0 Å². The fourth-order valence-corrected chi connectivity index (χ4v) is 1.49. The summed E-state index contributed by atoms with van der Waals surface area (Å²) < 4.78 is 18.5. The number of aromatic nitrogens is 1. The highest BCUT2D eigenvalue weighted by Crippen LogP contribution is 2.21. The number of rotatable bonds is 4. The van der Waals surface area contributed by atoms with Gasteiger partial charge in [-0.2, -0.15) is 0 Å². The third-order valence-electron chi connectivity index (χ3n) is 2.23. The van der Waals surface area contributed by atoms with E-state index >= 15 is 0 Å². The molecule has 0 aliphatic carbocycles. The summed E-state index contributed by atoms with van der Waals surface area (Å²) in [6, 6.07) is 7.84. The van der Waals surface area contributed by atoms with Crippen LogP contribution in [0, 0.1) is 5.82 Å². The van der Waals surface area contributed by atoms with E-state index in [9.17, 15) is 4.39 Å². The Morgan fingerprint density at radius 2 is 2.06 bits per heavy atom. The molecule has 88 valence electrons. The van der Waals surface area contributed by atoms with Gasteiger partial charge in [0, 0.05) is 12.3 Å². The minimum absolute atomic E-state index is 0.325. The molecule has 0 saturated carbocycles. The molecule has 1 aromatic carbocycles. The summed E-state index contributed by atoms with van der Waals surface area (Å²) in [4.78, 5) is 4.05. The molecule has 0 aliphatic rings. The minimum Gasteiger partial charge on any atom is -0.456 e. The van der Waals surface area contributed by atoms with Crippen molar-refractivity contribution in [3.8, 4) is 11.5 Å². The zero-order chi connectivity index (χ0) is 12.1. The molecule has 0 spiro atoms. The van der Waals surface area contributed by atoms with Crippen molar-refractivity contribution in [2.45, 2.75) is 6.42 Å². The van der Waals surface area contributed by atoms with Crippen LogP contribution in [0.15, 0.2) is 42.7 Å². The van der Waals surface area contributed by atoms with Gasteiger partial charge >= 0.3 is 0 Å². The molecule has 4 heteroatoms. The normalized spacial score (nSPS) is 10.2. The molecule has 0 atom stereocenters. The summed E-state index contributed by atoms with van der Waals surface area (Å²) in [7, 11) is 0. The zero-order valence-corrected chi connectivity index (χ0v) is 9.27. The van der Waals surface area contributed by atoms with Gasteiger partial charge in [0.15, 0.2) is 0 Å². The van der Waals surface area contributed by atoms with Gasteiger partial charge in [-0.3, -0.25) is 4.98 Å². The first-order valence-corrected chi connectivity index (χ1v) is 5.35. The molecule has 0 fully saturated rings. The highest BCUT2D eigenvalue weighted by Gasteiger charge is 2.00. The highest BCUT2D eigenvalue weighted by atomic mass is 19.1. The summed E-state index contributed by atoms with van der Waals surface area (Å²) in [5.41, 5.74) is 6.47. The van der Waals surface area contributed by atoms with Crippen molar-refractivity contribution < 1.29 is 9.13 Å². The second-order valence-corrected chi connectivity index (χ2v) is 3.63. The van der Waals surface area contributed by atoms with E-state index in [0.29, 0.717) is 18.0 Å². The first-order chi connectivity index (χ1) is 8.28. The van der Waals surface area contributed by atoms with Gasteiger partial charge in [-0.15, -0.1) is 0 Å². The monoisotopic (exact) mass is 232 g/mol. The molecule has 0 saturated heterocycles. The van der Waals surface area contributed by atoms with E-state index in [2.05, 4.69) is 4.98 Å². The molecular formula is C13H13FN2O. The summed E-state index contributed by atoms with van der Waals surface area (Å²) in [5, 5.41) is 0. The number of halogens is 1. The van der Waals surface area contributed by atoms with Crippen molar-refractivity contribution in [2.75, 3.05) is 6.54 Å². The molecule has 0 aliphatic heterocycles. The largest absolute Gasteiger partial charge is 0.456 e. The van der Waals surface area contributed by atoms with Gasteiger partial charge in [0.2, 0.25) is 0 Å². The Hall–Kier alpha value is -1.94. The van der Waals surface area contributed by atoms with Crippen molar-refractivity contribution in [3.05, 3.63) is 54.1 Å². The lowest BCUT2D eigenvalue weighted by Gasteiger charge is -2.06. The Morgan fingerprint density at radius 1 is 1.18 bits per heavy atom. The summed E-state index contributed by atoms with van der Waals surface area (Å²) in [6.45, 7) is 0.561. The lowest BCUT2D eigenvalue weighted by atomic mass is 10.2. The van der Waals surface area contributed by atoms with E-state index in [1.54, 1.807) is 24.5 Å². The number of hydrogen-bond acceptors (Lipinski definition) is 3. The quantitative estimate of drug-likeness (QED) is 0.881. The summed E-state index contributed by atoms with van der Waals surface area (Å²) >= 11 is 0. The number of ether oxygens (including phenoxy) is 1. The summed E-state index contributed by atoms with van der Waals surface area (Å²) in [6.07, 6.45) is 4.07. The van der Waals surface area contributed by atoms with Gasteiger partial charge in [0.05, 0.1) is 6.20 Å². The molecule has 0 unspecified atom stereocenters. The average molecular weight is 232 g/mol. The number of benzene rings is 1. The van der Waals surface area contributed by atoms with Crippen molar-refractivity contribution in [2.24, 2.45) is 5.73 Å². The molecule has 0 bridgehead atoms. The maximum Gasteiger partial charge on any atom is 0.145 e. The van der Waals surface area contributed by atoms with E-state index in [1.807, 2.05) is 6.07 Å². The first-order valence-electron chi connectivity index (χ1n) is 5.35. The van der Waals surface area contributed by atoms with Gasteiger partial charge in [-0.05, 0) is 36.7 Å². The van der Waals surface area contributed by atoms with Crippen LogP contribution in [0.25, 0.3) is 0 Å². The number of hydrogen-bond donors (Lipinski definition) is 1. The molecular weight excluding hydrogens is 219 g/mol. The van der Waals surface area contributed by atoms with Gasteiger partial charge < -0.3 is 10.5 Å². The van der Waals surface area contributed by atoms with Crippen molar-refractivity contribution in [1.82, 2.24) is 4.98 Å². The van der Waals surface area contributed by atoms with Gasteiger partial charge in [-0.25, -0.2) is 4.39 Å². The second kappa shape index (κ2) is 5.41. The number of pyridine rings is 1. The number of nitrogens with two attached hydrogens (primary N) is 1. The predicted molar refractivity (Wildman–Crippen MR) is 63.5 cm³/mol. The van der Waals surface area contributed by atoms with Crippen LogP contribution in [0.4, 0.5) is 4.39 Å². The Labute approximate surface area is 99.1 Å². The van der Waals surface area contributed by atoms with Crippen molar-refractivity contribution >= 4 is 0 Å². The van der Waals surface area contributed by atoms with E-state index in [0.717, 1.165) is 12.0 Å². The molecule has 0 radical (unpaired) electrons. The smallest absolute Gasteiger partial charge is 0.145 e. The highest BCUT2D eigenvalue weighted by molar-refractivity contribution is 5.31. The lowest BCUT2D eigenvalue weighted by Crippen LogP contribution is -2.03. The predicted octanol–water partition coefficient (Wildman–Crippen LogP) is 2.51. The first kappa shape index (κ1) is 11.5. The molecule has 3 nitrogen and oxygen atoms in total. The Kier molecular flexibility index (Phi) is 3.67. The van der Waals surface area contributed by atoms with Gasteiger partial charge in [0.25, 0.3) is 0 Å². The molecule has 1 heterocycles.